The van der Waals surface area contributed by atoms with Crippen LogP contribution in [0.4, 0.5) is 0 Å². The highest BCUT2D eigenvalue weighted by Gasteiger charge is 2.16. The van der Waals surface area contributed by atoms with Crippen LogP contribution in [0.25, 0.3) is 0 Å². The fraction of sp³-hybridized carbons (Fsp3) is 0.600. The summed E-state index contributed by atoms with van der Waals surface area (Å²) < 4.78 is 0. The Morgan fingerprint density at radius 2 is 1.65 bits per heavy atom. The fourth-order valence-corrected chi connectivity index (χ4v) is 1.81. The third-order valence-electron chi connectivity index (χ3n) is 3.21. The molecule has 2 unspecified atom stereocenters. The van der Waals surface area contributed by atoms with Crippen LogP contribution in [0.5, 0.6) is 0 Å². The second-order valence-electron chi connectivity index (χ2n) is 5.42. The van der Waals surface area contributed by atoms with Gasteiger partial charge in [0.1, 0.15) is 0 Å². The first-order valence-electron chi connectivity index (χ1n) is 6.46. The monoisotopic (exact) mass is 234 g/mol. The van der Waals surface area contributed by atoms with Crippen molar-refractivity contribution in [2.45, 2.75) is 32.9 Å². The molecule has 0 aliphatic carbocycles. The summed E-state index contributed by atoms with van der Waals surface area (Å²) >= 11 is 0. The van der Waals surface area contributed by atoms with Gasteiger partial charge in [-0.2, -0.15) is 0 Å². The van der Waals surface area contributed by atoms with Crippen molar-refractivity contribution in [1.82, 2.24) is 10.2 Å². The highest BCUT2D eigenvalue weighted by Crippen LogP contribution is 2.16. The Bertz CT molecular complexity index is 306. The van der Waals surface area contributed by atoms with Crippen LogP contribution in [0.2, 0.25) is 0 Å². The van der Waals surface area contributed by atoms with Crippen molar-refractivity contribution in [2.75, 3.05) is 20.6 Å². The molecule has 0 saturated heterocycles. The molecule has 0 fully saturated rings. The number of hydrogen-bond donors (Lipinski definition) is 1. The number of hydrogen-bond acceptors (Lipinski definition) is 2. The molecule has 0 spiro atoms. The quantitative estimate of drug-likeness (QED) is 0.814. The van der Waals surface area contributed by atoms with Crippen LogP contribution in [-0.2, 0) is 0 Å². The molecule has 0 radical (unpaired) electrons. The Kier molecular flexibility index (Phi) is 5.66. The lowest BCUT2D eigenvalue weighted by Crippen LogP contribution is -2.39. The van der Waals surface area contributed by atoms with Crippen LogP contribution in [0.1, 0.15) is 32.4 Å². The van der Waals surface area contributed by atoms with E-state index in [9.17, 15) is 0 Å². The zero-order valence-corrected chi connectivity index (χ0v) is 11.8. The number of likely N-dealkylation sites (N-methyl/N-ethyl adjacent to an activating group) is 1. The van der Waals surface area contributed by atoms with E-state index in [2.05, 4.69) is 75.4 Å². The normalized spacial score (nSPS) is 15.2. The average molecular weight is 234 g/mol. The molecule has 0 aliphatic heterocycles. The second-order valence-corrected chi connectivity index (χ2v) is 5.42. The van der Waals surface area contributed by atoms with Crippen LogP contribution in [0, 0.1) is 5.92 Å². The zero-order valence-electron chi connectivity index (χ0n) is 11.8. The Hall–Kier alpha value is -0.860. The summed E-state index contributed by atoms with van der Waals surface area (Å²) in [6, 6.07) is 11.6. The molecule has 17 heavy (non-hydrogen) atoms. The predicted octanol–water partition coefficient (Wildman–Crippen LogP) is 2.92. The lowest BCUT2D eigenvalue weighted by Gasteiger charge is -2.28. The van der Waals surface area contributed by atoms with E-state index in [0.29, 0.717) is 18.0 Å². The molecule has 0 aromatic heterocycles. The minimum absolute atomic E-state index is 0.406. The Balaban J connectivity index is 2.74. The summed E-state index contributed by atoms with van der Waals surface area (Å²) in [5, 5.41) is 3.72. The number of benzene rings is 1. The largest absolute Gasteiger partial charge is 0.308 e. The Morgan fingerprint density at radius 1 is 1.06 bits per heavy atom. The summed E-state index contributed by atoms with van der Waals surface area (Å²) in [7, 11) is 4.25. The molecule has 2 nitrogen and oxygen atoms in total. The van der Waals surface area contributed by atoms with Gasteiger partial charge in [0.05, 0.1) is 0 Å². The van der Waals surface area contributed by atoms with Crippen molar-refractivity contribution in [2.24, 2.45) is 5.92 Å². The topological polar surface area (TPSA) is 15.3 Å². The van der Waals surface area contributed by atoms with Gasteiger partial charge in [0.15, 0.2) is 0 Å². The number of rotatable bonds is 6. The summed E-state index contributed by atoms with van der Waals surface area (Å²) in [6.07, 6.45) is 0. The molecule has 0 bridgehead atoms. The minimum Gasteiger partial charge on any atom is -0.308 e. The van der Waals surface area contributed by atoms with Gasteiger partial charge in [-0.25, -0.2) is 0 Å². The fourth-order valence-electron chi connectivity index (χ4n) is 1.81. The van der Waals surface area contributed by atoms with Gasteiger partial charge in [0, 0.05) is 18.6 Å². The van der Waals surface area contributed by atoms with Gasteiger partial charge in [0.25, 0.3) is 0 Å². The number of nitrogens with zero attached hydrogens (tertiary/aromatic N) is 1. The van der Waals surface area contributed by atoms with Gasteiger partial charge in [-0.3, -0.25) is 0 Å². The Morgan fingerprint density at radius 3 is 2.12 bits per heavy atom. The first kappa shape index (κ1) is 14.2. The van der Waals surface area contributed by atoms with Crippen molar-refractivity contribution in [3.63, 3.8) is 0 Å². The standard InChI is InChI=1S/C15H26N2/c1-12(2)13(3)16-15(11-17(4)5)14-9-7-6-8-10-14/h6-10,12-13,15-16H,11H2,1-5H3. The van der Waals surface area contributed by atoms with Crippen molar-refractivity contribution in [1.29, 1.82) is 0 Å². The van der Waals surface area contributed by atoms with Crippen LogP contribution in [0.15, 0.2) is 30.3 Å². The van der Waals surface area contributed by atoms with E-state index in [1.165, 1.54) is 5.56 Å². The van der Waals surface area contributed by atoms with Gasteiger partial charge < -0.3 is 10.2 Å². The van der Waals surface area contributed by atoms with E-state index in [-0.39, 0.29) is 0 Å². The molecule has 0 aliphatic rings. The molecule has 1 aromatic rings. The van der Waals surface area contributed by atoms with E-state index < -0.39 is 0 Å². The lowest BCUT2D eigenvalue weighted by atomic mass is 10.0. The summed E-state index contributed by atoms with van der Waals surface area (Å²) in [5.41, 5.74) is 1.37. The SMILES string of the molecule is CC(C)C(C)NC(CN(C)C)c1ccccc1. The van der Waals surface area contributed by atoms with Gasteiger partial charge in [-0.15, -0.1) is 0 Å². The van der Waals surface area contributed by atoms with Crippen molar-refractivity contribution >= 4 is 0 Å². The molecular weight excluding hydrogens is 208 g/mol. The molecule has 1 aromatic carbocycles. The molecule has 0 saturated carbocycles. The van der Waals surface area contributed by atoms with E-state index in [0.717, 1.165) is 6.54 Å². The second kappa shape index (κ2) is 6.77. The average Bonchev–Trinajstić information content (AvgIpc) is 2.28. The minimum atomic E-state index is 0.406. The lowest BCUT2D eigenvalue weighted by molar-refractivity contribution is 0.300. The molecule has 96 valence electrons. The zero-order chi connectivity index (χ0) is 12.8. The first-order chi connectivity index (χ1) is 8.00. The van der Waals surface area contributed by atoms with Crippen LogP contribution in [0.3, 0.4) is 0 Å². The van der Waals surface area contributed by atoms with E-state index in [1.54, 1.807) is 0 Å². The third kappa shape index (κ3) is 4.88. The van der Waals surface area contributed by atoms with Crippen molar-refractivity contribution in [3.8, 4) is 0 Å². The summed E-state index contributed by atoms with van der Waals surface area (Å²) in [5.74, 6) is 0.656. The van der Waals surface area contributed by atoms with Gasteiger partial charge in [0.2, 0.25) is 0 Å². The van der Waals surface area contributed by atoms with Crippen LogP contribution >= 0.6 is 0 Å². The highest BCUT2D eigenvalue weighted by atomic mass is 15.1. The molecule has 1 N–H and O–H groups in total. The molecule has 1 rings (SSSR count). The smallest absolute Gasteiger partial charge is 0.0451 e. The molecule has 2 heteroatoms. The summed E-state index contributed by atoms with van der Waals surface area (Å²) in [4.78, 5) is 2.23. The van der Waals surface area contributed by atoms with Crippen molar-refractivity contribution < 1.29 is 0 Å². The predicted molar refractivity (Wildman–Crippen MR) is 75.2 cm³/mol. The van der Waals surface area contributed by atoms with Crippen LogP contribution in [-0.4, -0.2) is 31.6 Å². The number of nitrogens with one attached hydrogen (secondary N) is 1. The molecule has 2 atom stereocenters. The third-order valence-corrected chi connectivity index (χ3v) is 3.21. The van der Waals surface area contributed by atoms with Gasteiger partial charge >= 0.3 is 0 Å². The van der Waals surface area contributed by atoms with E-state index in [4.69, 9.17) is 0 Å². The highest BCUT2D eigenvalue weighted by molar-refractivity contribution is 5.19. The van der Waals surface area contributed by atoms with E-state index in [1.807, 2.05) is 0 Å². The van der Waals surface area contributed by atoms with Crippen molar-refractivity contribution in [3.05, 3.63) is 35.9 Å². The molecule has 0 heterocycles. The van der Waals surface area contributed by atoms with Gasteiger partial charge in [-0.1, -0.05) is 44.2 Å². The molecule has 0 amide bonds. The maximum Gasteiger partial charge on any atom is 0.0451 e. The van der Waals surface area contributed by atoms with Gasteiger partial charge in [-0.05, 0) is 32.5 Å². The summed E-state index contributed by atoms with van der Waals surface area (Å²) in [6.45, 7) is 7.81. The maximum absolute atomic E-state index is 3.72. The van der Waals surface area contributed by atoms with Crippen LogP contribution < -0.4 is 5.32 Å². The maximum atomic E-state index is 3.72. The first-order valence-corrected chi connectivity index (χ1v) is 6.46. The molecular formula is C15H26N2. The van der Waals surface area contributed by atoms with E-state index >= 15 is 0 Å². The Labute approximate surface area is 106 Å².